The standard InChI is InChI=1S/C24H24N4O5S2/c1-4-34-24-27-23(35-28-24)26-22(29)17(15-25)13-16-5-10-20(21(14-16)31-3)33-12-11-32-19-8-6-18(30-2)7-9-19/h5-10,13-14H,4,11-12H2,1-3H3,(H,26,27,28,29)/b17-13-. The summed E-state index contributed by atoms with van der Waals surface area (Å²) >= 11 is 2.54. The molecule has 3 rings (SSSR count). The van der Waals surface area contributed by atoms with E-state index in [-0.39, 0.29) is 5.57 Å². The third-order valence-electron chi connectivity index (χ3n) is 4.43. The molecular formula is C24H24N4O5S2. The Bertz CT molecular complexity index is 1210. The number of carbonyl (C=O) groups is 1. The molecule has 0 radical (unpaired) electrons. The van der Waals surface area contributed by atoms with Gasteiger partial charge in [0.15, 0.2) is 11.5 Å². The van der Waals surface area contributed by atoms with Crippen LogP contribution in [0, 0.1) is 11.3 Å². The molecule has 2 aromatic carbocycles. The van der Waals surface area contributed by atoms with E-state index >= 15 is 0 Å². The maximum absolute atomic E-state index is 12.5. The number of hydrogen-bond donors (Lipinski definition) is 1. The predicted molar refractivity (Wildman–Crippen MR) is 136 cm³/mol. The number of nitrogens with one attached hydrogen (secondary N) is 1. The Hall–Kier alpha value is -3.75. The molecule has 1 N–H and O–H groups in total. The lowest BCUT2D eigenvalue weighted by Crippen LogP contribution is -2.13. The van der Waals surface area contributed by atoms with Crippen LogP contribution in [-0.2, 0) is 4.79 Å². The maximum atomic E-state index is 12.5. The molecule has 35 heavy (non-hydrogen) atoms. The molecule has 0 saturated carbocycles. The number of aromatic nitrogens is 2. The Balaban J connectivity index is 1.59. The van der Waals surface area contributed by atoms with Crippen LogP contribution in [0.5, 0.6) is 23.0 Å². The Morgan fingerprint density at radius 3 is 2.51 bits per heavy atom. The molecule has 0 saturated heterocycles. The normalized spacial score (nSPS) is 10.9. The molecule has 0 aliphatic carbocycles. The third kappa shape index (κ3) is 7.63. The minimum absolute atomic E-state index is 0.0755. The van der Waals surface area contributed by atoms with Crippen LogP contribution >= 0.6 is 23.3 Å². The number of rotatable bonds is 12. The average Bonchev–Trinajstić information content (AvgIpc) is 3.32. The summed E-state index contributed by atoms with van der Waals surface area (Å²) < 4.78 is 26.1. The van der Waals surface area contributed by atoms with E-state index < -0.39 is 5.91 Å². The van der Waals surface area contributed by atoms with E-state index in [4.69, 9.17) is 18.9 Å². The number of ether oxygens (including phenoxy) is 4. The van der Waals surface area contributed by atoms with Crippen LogP contribution in [0.4, 0.5) is 5.13 Å². The monoisotopic (exact) mass is 512 g/mol. The Morgan fingerprint density at radius 1 is 1.09 bits per heavy atom. The summed E-state index contributed by atoms with van der Waals surface area (Å²) in [7, 11) is 3.12. The number of benzene rings is 2. The molecule has 11 heteroatoms. The highest BCUT2D eigenvalue weighted by atomic mass is 32.2. The van der Waals surface area contributed by atoms with Crippen molar-refractivity contribution in [1.29, 1.82) is 5.26 Å². The zero-order valence-electron chi connectivity index (χ0n) is 19.4. The van der Waals surface area contributed by atoms with Crippen LogP contribution in [0.15, 0.2) is 53.2 Å². The van der Waals surface area contributed by atoms with Crippen molar-refractivity contribution in [3.8, 4) is 29.1 Å². The number of methoxy groups -OCH3 is 2. The highest BCUT2D eigenvalue weighted by Crippen LogP contribution is 2.29. The van der Waals surface area contributed by atoms with Crippen molar-refractivity contribution in [1.82, 2.24) is 9.36 Å². The third-order valence-corrected chi connectivity index (χ3v) is 5.91. The summed E-state index contributed by atoms with van der Waals surface area (Å²) in [6.45, 7) is 2.62. The van der Waals surface area contributed by atoms with Gasteiger partial charge in [0, 0.05) is 11.5 Å². The first-order valence-corrected chi connectivity index (χ1v) is 12.3. The first-order valence-electron chi connectivity index (χ1n) is 10.5. The molecule has 0 fully saturated rings. The first-order chi connectivity index (χ1) is 17.1. The second kappa shape index (κ2) is 13.2. The quantitative estimate of drug-likeness (QED) is 0.160. The topological polar surface area (TPSA) is 116 Å². The van der Waals surface area contributed by atoms with Crippen LogP contribution in [0.25, 0.3) is 6.08 Å². The summed E-state index contributed by atoms with van der Waals surface area (Å²) in [6, 6.07) is 14.3. The van der Waals surface area contributed by atoms with Gasteiger partial charge in [-0.15, -0.1) is 0 Å². The number of hydrogen-bond acceptors (Lipinski definition) is 10. The van der Waals surface area contributed by atoms with Crippen LogP contribution in [0.2, 0.25) is 0 Å². The van der Waals surface area contributed by atoms with Gasteiger partial charge in [-0.3, -0.25) is 10.1 Å². The molecule has 182 valence electrons. The van der Waals surface area contributed by atoms with Crippen molar-refractivity contribution < 1.29 is 23.7 Å². The molecule has 0 bridgehead atoms. The fraction of sp³-hybridized carbons (Fsp3) is 0.250. The number of amides is 1. The van der Waals surface area contributed by atoms with E-state index in [1.165, 1.54) is 24.9 Å². The lowest BCUT2D eigenvalue weighted by atomic mass is 10.1. The van der Waals surface area contributed by atoms with Gasteiger partial charge in [0.2, 0.25) is 10.3 Å². The van der Waals surface area contributed by atoms with E-state index in [2.05, 4.69) is 14.7 Å². The zero-order valence-corrected chi connectivity index (χ0v) is 21.1. The predicted octanol–water partition coefficient (Wildman–Crippen LogP) is 4.67. The van der Waals surface area contributed by atoms with E-state index in [0.717, 1.165) is 23.0 Å². The first kappa shape index (κ1) is 25.9. The SMILES string of the molecule is CCSc1nsc(NC(=O)/C(C#N)=C\c2ccc(OCCOc3ccc(OC)cc3)c(OC)c2)n1. The minimum Gasteiger partial charge on any atom is -0.497 e. The molecule has 1 amide bonds. The van der Waals surface area contributed by atoms with Gasteiger partial charge in [-0.25, -0.2) is 0 Å². The van der Waals surface area contributed by atoms with E-state index in [9.17, 15) is 10.1 Å². The summed E-state index contributed by atoms with van der Waals surface area (Å²) in [4.78, 5) is 16.7. The van der Waals surface area contributed by atoms with Gasteiger partial charge < -0.3 is 18.9 Å². The second-order valence-electron chi connectivity index (χ2n) is 6.72. The average molecular weight is 513 g/mol. The molecule has 0 aliphatic heterocycles. The van der Waals surface area contributed by atoms with Crippen LogP contribution < -0.4 is 24.3 Å². The van der Waals surface area contributed by atoms with Gasteiger partial charge >= 0.3 is 0 Å². The fourth-order valence-electron chi connectivity index (χ4n) is 2.80. The summed E-state index contributed by atoms with van der Waals surface area (Å²) in [5, 5.41) is 13.0. The Labute approximate surface area is 211 Å². The van der Waals surface area contributed by atoms with Crippen molar-refractivity contribution in [3.05, 3.63) is 53.6 Å². The van der Waals surface area contributed by atoms with Gasteiger partial charge in [0.25, 0.3) is 5.91 Å². The van der Waals surface area contributed by atoms with Crippen molar-refractivity contribution in [2.45, 2.75) is 12.1 Å². The fourth-order valence-corrected chi connectivity index (χ4v) is 4.07. The molecule has 1 aromatic heterocycles. The largest absolute Gasteiger partial charge is 0.497 e. The molecule has 1 heterocycles. The van der Waals surface area contributed by atoms with Crippen LogP contribution in [0.1, 0.15) is 12.5 Å². The number of nitriles is 1. The van der Waals surface area contributed by atoms with Gasteiger partial charge in [-0.05, 0) is 53.8 Å². The van der Waals surface area contributed by atoms with Gasteiger partial charge in [-0.1, -0.05) is 24.8 Å². The molecule has 9 nitrogen and oxygen atoms in total. The number of nitrogens with zero attached hydrogens (tertiary/aromatic N) is 3. The van der Waals surface area contributed by atoms with E-state index in [1.807, 2.05) is 37.3 Å². The van der Waals surface area contributed by atoms with E-state index in [0.29, 0.717) is 46.3 Å². The summed E-state index contributed by atoms with van der Waals surface area (Å²) in [5.41, 5.74) is 0.531. The minimum atomic E-state index is -0.563. The Morgan fingerprint density at radius 2 is 1.83 bits per heavy atom. The zero-order chi connectivity index (χ0) is 25.0. The summed E-state index contributed by atoms with van der Waals surface area (Å²) in [5.74, 6) is 2.70. The highest BCUT2D eigenvalue weighted by Gasteiger charge is 2.14. The Kier molecular flexibility index (Phi) is 9.77. The van der Waals surface area contributed by atoms with Crippen LogP contribution in [0.3, 0.4) is 0 Å². The second-order valence-corrected chi connectivity index (χ2v) is 8.70. The molecule has 0 atom stereocenters. The van der Waals surface area contributed by atoms with Crippen molar-refractivity contribution >= 4 is 40.4 Å². The van der Waals surface area contributed by atoms with E-state index in [1.54, 1.807) is 25.3 Å². The summed E-state index contributed by atoms with van der Waals surface area (Å²) in [6.07, 6.45) is 1.47. The van der Waals surface area contributed by atoms with Crippen molar-refractivity contribution in [2.75, 3.05) is 38.5 Å². The van der Waals surface area contributed by atoms with Crippen molar-refractivity contribution in [2.24, 2.45) is 0 Å². The highest BCUT2D eigenvalue weighted by molar-refractivity contribution is 7.99. The molecule has 0 unspecified atom stereocenters. The lowest BCUT2D eigenvalue weighted by molar-refractivity contribution is -0.112. The number of carbonyl (C=O) groups excluding carboxylic acids is 1. The smallest absolute Gasteiger partial charge is 0.268 e. The van der Waals surface area contributed by atoms with Crippen molar-refractivity contribution in [3.63, 3.8) is 0 Å². The molecule has 3 aromatic rings. The lowest BCUT2D eigenvalue weighted by Gasteiger charge is -2.12. The van der Waals surface area contributed by atoms with Gasteiger partial charge in [-0.2, -0.15) is 14.6 Å². The number of thioether (sulfide) groups is 1. The van der Waals surface area contributed by atoms with Gasteiger partial charge in [0.1, 0.15) is 36.4 Å². The number of anilines is 1. The molecular weight excluding hydrogens is 488 g/mol. The van der Waals surface area contributed by atoms with Gasteiger partial charge in [0.05, 0.1) is 14.2 Å². The molecule has 0 aliphatic rings. The van der Waals surface area contributed by atoms with Crippen LogP contribution in [-0.4, -0.2) is 48.5 Å². The maximum Gasteiger partial charge on any atom is 0.268 e. The molecule has 0 spiro atoms.